The molecule has 0 heterocycles. The fraction of sp³-hybridized carbons (Fsp3) is 1.00. The third-order valence-electron chi connectivity index (χ3n) is 5.67. The highest BCUT2D eigenvalue weighted by Gasteiger charge is 2.28. The highest BCUT2D eigenvalue weighted by Crippen LogP contribution is 2.36. The molecule has 0 heteroatoms. The maximum absolute atomic E-state index is 2.47. The van der Waals surface area contributed by atoms with E-state index in [-0.39, 0.29) is 0 Å². The van der Waals surface area contributed by atoms with Gasteiger partial charge in [-0.2, -0.15) is 0 Å². The van der Waals surface area contributed by atoms with Gasteiger partial charge < -0.3 is 0 Å². The van der Waals surface area contributed by atoms with Crippen molar-refractivity contribution in [2.45, 2.75) is 74.7 Å². The zero-order chi connectivity index (χ0) is 13.6. The quantitative estimate of drug-likeness (QED) is 0.487. The van der Waals surface area contributed by atoms with Crippen LogP contribution in [0.25, 0.3) is 0 Å². The van der Waals surface area contributed by atoms with Gasteiger partial charge in [-0.05, 0) is 35.5 Å². The molecule has 0 aliphatic carbocycles. The van der Waals surface area contributed by atoms with Crippen LogP contribution in [0, 0.1) is 35.5 Å². The Kier molecular flexibility index (Phi) is 8.16. The second-order valence-corrected chi connectivity index (χ2v) is 6.59. The summed E-state index contributed by atoms with van der Waals surface area (Å²) < 4.78 is 0. The second-order valence-electron chi connectivity index (χ2n) is 6.59. The SMILES string of the molecule is CCCC(C)C(C)C(C)C(C)C(C)C(C)CC. The van der Waals surface area contributed by atoms with Crippen LogP contribution in [0.15, 0.2) is 0 Å². The molecule has 0 aromatic rings. The van der Waals surface area contributed by atoms with E-state index in [1.54, 1.807) is 0 Å². The van der Waals surface area contributed by atoms with Crippen LogP contribution in [0.1, 0.15) is 74.7 Å². The molecular weight excluding hydrogens is 204 g/mol. The van der Waals surface area contributed by atoms with Gasteiger partial charge in [-0.25, -0.2) is 0 Å². The zero-order valence-electron chi connectivity index (χ0n) is 13.6. The first-order chi connectivity index (χ1) is 7.86. The lowest BCUT2D eigenvalue weighted by molar-refractivity contribution is 0.134. The Labute approximate surface area is 111 Å². The molecule has 0 rings (SSSR count). The van der Waals surface area contributed by atoms with Gasteiger partial charge in [-0.15, -0.1) is 0 Å². The molecule has 17 heavy (non-hydrogen) atoms. The summed E-state index contributed by atoms with van der Waals surface area (Å²) >= 11 is 0. The minimum absolute atomic E-state index is 0.847. The van der Waals surface area contributed by atoms with Crippen LogP contribution in [0.5, 0.6) is 0 Å². The number of hydrogen-bond donors (Lipinski definition) is 0. The molecule has 0 aliphatic heterocycles. The molecule has 0 saturated heterocycles. The van der Waals surface area contributed by atoms with Gasteiger partial charge in [0.05, 0.1) is 0 Å². The predicted octanol–water partition coefficient (Wildman–Crippen LogP) is 6.01. The minimum Gasteiger partial charge on any atom is -0.0654 e. The summed E-state index contributed by atoms with van der Waals surface area (Å²) in [6.07, 6.45) is 4.03. The number of rotatable bonds is 8. The summed E-state index contributed by atoms with van der Waals surface area (Å²) in [5, 5.41) is 0. The van der Waals surface area contributed by atoms with E-state index in [9.17, 15) is 0 Å². The van der Waals surface area contributed by atoms with Gasteiger partial charge in [0.1, 0.15) is 0 Å². The fourth-order valence-corrected chi connectivity index (χ4v) is 3.08. The van der Waals surface area contributed by atoms with E-state index in [1.807, 2.05) is 0 Å². The van der Waals surface area contributed by atoms with E-state index in [0.717, 1.165) is 35.5 Å². The smallest absolute Gasteiger partial charge is 0.0386 e. The van der Waals surface area contributed by atoms with Crippen LogP contribution in [0.2, 0.25) is 0 Å². The standard InChI is InChI=1S/C17H36/c1-9-11-13(4)15(6)17(8)16(7)14(5)12(3)10-2/h12-17H,9-11H2,1-8H3. The molecule has 0 fully saturated rings. The first kappa shape index (κ1) is 17.0. The van der Waals surface area contributed by atoms with Gasteiger partial charge in [-0.3, -0.25) is 0 Å². The third kappa shape index (κ3) is 5.02. The molecule has 0 radical (unpaired) electrons. The van der Waals surface area contributed by atoms with Crippen molar-refractivity contribution in [2.24, 2.45) is 35.5 Å². The zero-order valence-corrected chi connectivity index (χ0v) is 13.6. The van der Waals surface area contributed by atoms with Crippen molar-refractivity contribution in [1.82, 2.24) is 0 Å². The largest absolute Gasteiger partial charge is 0.0654 e. The maximum Gasteiger partial charge on any atom is -0.0386 e. The van der Waals surface area contributed by atoms with Crippen LogP contribution >= 0.6 is 0 Å². The average molecular weight is 240 g/mol. The summed E-state index contributed by atoms with van der Waals surface area (Å²) in [4.78, 5) is 0. The van der Waals surface area contributed by atoms with E-state index in [1.165, 1.54) is 19.3 Å². The Morgan fingerprint density at radius 2 is 1.00 bits per heavy atom. The first-order valence-electron chi connectivity index (χ1n) is 7.86. The van der Waals surface area contributed by atoms with Crippen LogP contribution in [0.3, 0.4) is 0 Å². The Morgan fingerprint density at radius 1 is 0.588 bits per heavy atom. The summed E-state index contributed by atoms with van der Waals surface area (Å²) in [5.41, 5.74) is 0. The van der Waals surface area contributed by atoms with E-state index in [4.69, 9.17) is 0 Å². The monoisotopic (exact) mass is 240 g/mol. The van der Waals surface area contributed by atoms with E-state index < -0.39 is 0 Å². The highest BCUT2D eigenvalue weighted by molar-refractivity contribution is 4.77. The van der Waals surface area contributed by atoms with Gasteiger partial charge in [0.25, 0.3) is 0 Å². The molecular formula is C17H36. The molecule has 0 aliphatic rings. The molecule has 0 N–H and O–H groups in total. The predicted molar refractivity (Wildman–Crippen MR) is 80.2 cm³/mol. The van der Waals surface area contributed by atoms with Crippen molar-refractivity contribution in [2.75, 3.05) is 0 Å². The normalized spacial score (nSPS) is 22.6. The second kappa shape index (κ2) is 8.16. The van der Waals surface area contributed by atoms with Crippen molar-refractivity contribution in [3.8, 4) is 0 Å². The topological polar surface area (TPSA) is 0 Å². The first-order valence-corrected chi connectivity index (χ1v) is 7.86. The molecule has 0 aromatic heterocycles. The molecule has 0 amide bonds. The average Bonchev–Trinajstić information content (AvgIpc) is 2.34. The van der Waals surface area contributed by atoms with E-state index in [2.05, 4.69) is 55.4 Å². The summed E-state index contributed by atoms with van der Waals surface area (Å²) in [6, 6.07) is 0. The Morgan fingerprint density at radius 3 is 1.35 bits per heavy atom. The molecule has 0 nitrogen and oxygen atoms in total. The fourth-order valence-electron chi connectivity index (χ4n) is 3.08. The van der Waals surface area contributed by atoms with Crippen molar-refractivity contribution >= 4 is 0 Å². The van der Waals surface area contributed by atoms with Gasteiger partial charge in [0.2, 0.25) is 0 Å². The lowest BCUT2D eigenvalue weighted by Gasteiger charge is -2.36. The minimum atomic E-state index is 0.847. The van der Waals surface area contributed by atoms with Crippen molar-refractivity contribution in [3.63, 3.8) is 0 Å². The van der Waals surface area contributed by atoms with Crippen LogP contribution in [0.4, 0.5) is 0 Å². The van der Waals surface area contributed by atoms with Crippen molar-refractivity contribution in [3.05, 3.63) is 0 Å². The van der Waals surface area contributed by atoms with Gasteiger partial charge >= 0.3 is 0 Å². The lowest BCUT2D eigenvalue weighted by Crippen LogP contribution is -2.28. The van der Waals surface area contributed by atoms with Crippen LogP contribution in [-0.4, -0.2) is 0 Å². The van der Waals surface area contributed by atoms with Crippen LogP contribution in [-0.2, 0) is 0 Å². The van der Waals surface area contributed by atoms with Gasteiger partial charge in [0.15, 0.2) is 0 Å². The number of hydrogen-bond acceptors (Lipinski definition) is 0. The van der Waals surface area contributed by atoms with Crippen molar-refractivity contribution < 1.29 is 0 Å². The summed E-state index contributed by atoms with van der Waals surface area (Å²) in [5.74, 6) is 5.14. The van der Waals surface area contributed by atoms with E-state index in [0.29, 0.717) is 0 Å². The van der Waals surface area contributed by atoms with Gasteiger partial charge in [0, 0.05) is 0 Å². The highest BCUT2D eigenvalue weighted by atomic mass is 14.3. The lowest BCUT2D eigenvalue weighted by atomic mass is 9.70. The molecule has 104 valence electrons. The molecule has 6 unspecified atom stereocenters. The molecule has 0 aromatic carbocycles. The van der Waals surface area contributed by atoms with Gasteiger partial charge in [-0.1, -0.05) is 74.7 Å². The summed E-state index contributed by atoms with van der Waals surface area (Å²) in [7, 11) is 0. The third-order valence-corrected chi connectivity index (χ3v) is 5.67. The van der Waals surface area contributed by atoms with E-state index >= 15 is 0 Å². The Balaban J connectivity index is 4.41. The molecule has 6 atom stereocenters. The molecule has 0 spiro atoms. The van der Waals surface area contributed by atoms with Crippen molar-refractivity contribution in [1.29, 1.82) is 0 Å². The molecule has 0 saturated carbocycles. The Hall–Kier alpha value is 0. The molecule has 0 bridgehead atoms. The van der Waals surface area contributed by atoms with Crippen LogP contribution < -0.4 is 0 Å². The Bertz CT molecular complexity index is 184. The maximum atomic E-state index is 2.47. The summed E-state index contributed by atoms with van der Waals surface area (Å²) in [6.45, 7) is 19.3.